The smallest absolute Gasteiger partial charge is 0.253 e. The Morgan fingerprint density at radius 2 is 1.72 bits per heavy atom. The molecule has 4 rings (SSSR count). The van der Waals surface area contributed by atoms with Crippen LogP contribution in [0.4, 0.5) is 4.39 Å². The number of rotatable bonds is 7. The van der Waals surface area contributed by atoms with Crippen LogP contribution in [-0.2, 0) is 19.7 Å². The monoisotopic (exact) mass is 436 g/mol. The molecule has 32 heavy (non-hydrogen) atoms. The van der Waals surface area contributed by atoms with E-state index >= 15 is 0 Å². The number of nitrogens with zero attached hydrogens (tertiary/aromatic N) is 4. The highest BCUT2D eigenvalue weighted by Gasteiger charge is 2.23. The molecule has 0 saturated carbocycles. The van der Waals surface area contributed by atoms with Crippen molar-refractivity contribution in [2.24, 2.45) is 0 Å². The maximum Gasteiger partial charge on any atom is 0.253 e. The molecule has 0 spiro atoms. The van der Waals surface area contributed by atoms with Crippen LogP contribution < -0.4 is 4.74 Å². The first-order valence-electron chi connectivity index (χ1n) is 11.0. The third-order valence-corrected chi connectivity index (χ3v) is 5.85. The van der Waals surface area contributed by atoms with Crippen LogP contribution >= 0.6 is 0 Å². The lowest BCUT2D eigenvalue weighted by molar-refractivity contribution is 0.0628. The molecule has 2 aromatic carbocycles. The molecule has 0 radical (unpaired) electrons. The fraction of sp³-hybridized carbons (Fsp3) is 0.360. The molecule has 1 aliphatic rings. The molecule has 2 heterocycles. The highest BCUT2D eigenvalue weighted by atomic mass is 19.1. The highest BCUT2D eigenvalue weighted by molar-refractivity contribution is 5.94. The third kappa shape index (κ3) is 5.34. The zero-order valence-corrected chi connectivity index (χ0v) is 18.6. The fourth-order valence-corrected chi connectivity index (χ4v) is 3.85. The lowest BCUT2D eigenvalue weighted by Gasteiger charge is -2.34. The van der Waals surface area contributed by atoms with Crippen molar-refractivity contribution in [1.82, 2.24) is 19.6 Å². The van der Waals surface area contributed by atoms with E-state index in [1.807, 2.05) is 33.8 Å². The van der Waals surface area contributed by atoms with Crippen molar-refractivity contribution >= 4 is 5.91 Å². The van der Waals surface area contributed by atoms with Crippen LogP contribution in [0.25, 0.3) is 0 Å². The number of benzene rings is 2. The number of carbonyl (C=O) groups excluding carboxylic acids is 1. The van der Waals surface area contributed by atoms with Gasteiger partial charge in [-0.05, 0) is 55.8 Å². The second-order valence-corrected chi connectivity index (χ2v) is 8.10. The van der Waals surface area contributed by atoms with Gasteiger partial charge in [0.1, 0.15) is 18.2 Å². The van der Waals surface area contributed by atoms with Crippen LogP contribution in [0.3, 0.4) is 0 Å². The molecule has 1 aliphatic heterocycles. The van der Waals surface area contributed by atoms with Crippen LogP contribution in [0.1, 0.15) is 34.1 Å². The summed E-state index contributed by atoms with van der Waals surface area (Å²) in [5.41, 5.74) is 3.97. The minimum absolute atomic E-state index is 0.0608. The number of ether oxygens (including phenoxy) is 1. The minimum atomic E-state index is -0.288. The number of aryl methyl sites for hydroxylation is 2. The second kappa shape index (κ2) is 9.96. The molecule has 0 aliphatic carbocycles. The van der Waals surface area contributed by atoms with Crippen molar-refractivity contribution in [3.05, 3.63) is 82.9 Å². The average molecular weight is 437 g/mol. The van der Waals surface area contributed by atoms with Crippen LogP contribution in [0.15, 0.2) is 54.7 Å². The predicted octanol–water partition coefficient (Wildman–Crippen LogP) is 3.89. The Hall–Kier alpha value is -3.19. The van der Waals surface area contributed by atoms with Gasteiger partial charge in [-0.3, -0.25) is 14.4 Å². The van der Waals surface area contributed by atoms with Crippen LogP contribution in [0, 0.1) is 12.7 Å². The summed E-state index contributed by atoms with van der Waals surface area (Å²) in [6.07, 6.45) is 2.12. The van der Waals surface area contributed by atoms with Gasteiger partial charge in [0.05, 0.1) is 5.69 Å². The molecule has 0 N–H and O–H groups in total. The molecule has 1 fully saturated rings. The summed E-state index contributed by atoms with van der Waals surface area (Å²) >= 11 is 0. The van der Waals surface area contributed by atoms with Gasteiger partial charge in [-0.2, -0.15) is 5.10 Å². The van der Waals surface area contributed by atoms with E-state index in [2.05, 4.69) is 30.0 Å². The third-order valence-electron chi connectivity index (χ3n) is 5.85. The second-order valence-electron chi connectivity index (χ2n) is 8.10. The summed E-state index contributed by atoms with van der Waals surface area (Å²) in [5, 5.41) is 4.52. The molecule has 0 bridgehead atoms. The lowest BCUT2D eigenvalue weighted by Crippen LogP contribution is -2.48. The van der Waals surface area contributed by atoms with Crippen molar-refractivity contribution < 1.29 is 13.9 Å². The Labute approximate surface area is 188 Å². The number of aromatic nitrogens is 2. The molecule has 1 amide bonds. The highest BCUT2D eigenvalue weighted by Crippen LogP contribution is 2.16. The Bertz CT molecular complexity index is 1040. The SMILES string of the molecule is CCn1cc(CN2CCN(C(=O)c3ccc(COc4ccc(F)cc4)cc3)CC2)c(C)n1. The first kappa shape index (κ1) is 22.0. The van der Waals surface area contributed by atoms with E-state index < -0.39 is 0 Å². The predicted molar refractivity (Wildman–Crippen MR) is 121 cm³/mol. The Kier molecular flexibility index (Phi) is 6.85. The van der Waals surface area contributed by atoms with Crippen molar-refractivity contribution in [3.63, 3.8) is 0 Å². The number of hydrogen-bond acceptors (Lipinski definition) is 4. The van der Waals surface area contributed by atoms with E-state index in [9.17, 15) is 9.18 Å². The largest absolute Gasteiger partial charge is 0.489 e. The molecule has 1 saturated heterocycles. The number of amides is 1. The summed E-state index contributed by atoms with van der Waals surface area (Å²) in [7, 11) is 0. The van der Waals surface area contributed by atoms with Crippen LogP contribution in [-0.4, -0.2) is 51.7 Å². The first-order chi connectivity index (χ1) is 15.5. The maximum absolute atomic E-state index is 13.0. The van der Waals surface area contributed by atoms with Gasteiger partial charge >= 0.3 is 0 Å². The van der Waals surface area contributed by atoms with Gasteiger partial charge in [0.15, 0.2) is 0 Å². The van der Waals surface area contributed by atoms with Gasteiger partial charge < -0.3 is 9.64 Å². The minimum Gasteiger partial charge on any atom is -0.489 e. The van der Waals surface area contributed by atoms with Crippen LogP contribution in [0.2, 0.25) is 0 Å². The van der Waals surface area contributed by atoms with E-state index in [0.717, 1.165) is 50.5 Å². The van der Waals surface area contributed by atoms with E-state index in [-0.39, 0.29) is 11.7 Å². The zero-order chi connectivity index (χ0) is 22.5. The number of carbonyl (C=O) groups is 1. The van der Waals surface area contributed by atoms with Gasteiger partial charge in [-0.15, -0.1) is 0 Å². The van der Waals surface area contributed by atoms with E-state index in [1.54, 1.807) is 12.1 Å². The molecule has 7 heteroatoms. The quantitative estimate of drug-likeness (QED) is 0.564. The van der Waals surface area contributed by atoms with Gasteiger partial charge in [-0.1, -0.05) is 12.1 Å². The van der Waals surface area contributed by atoms with Gasteiger partial charge in [-0.25, -0.2) is 4.39 Å². The van der Waals surface area contributed by atoms with Crippen molar-refractivity contribution in [3.8, 4) is 5.75 Å². The summed E-state index contributed by atoms with van der Waals surface area (Å²) < 4.78 is 20.6. The van der Waals surface area contributed by atoms with Gasteiger partial charge in [0, 0.05) is 56.6 Å². The Balaban J connectivity index is 1.27. The summed E-state index contributed by atoms with van der Waals surface area (Å²) in [6, 6.07) is 13.4. The normalized spacial score (nSPS) is 14.5. The first-order valence-corrected chi connectivity index (χ1v) is 11.0. The topological polar surface area (TPSA) is 50.6 Å². The molecular weight excluding hydrogens is 407 g/mol. The summed E-state index contributed by atoms with van der Waals surface area (Å²) in [5.74, 6) is 0.385. The molecule has 0 unspecified atom stereocenters. The van der Waals surface area contributed by atoms with E-state index in [0.29, 0.717) is 17.9 Å². The number of hydrogen-bond donors (Lipinski definition) is 0. The summed E-state index contributed by atoms with van der Waals surface area (Å²) in [6.45, 7) is 9.40. The molecule has 6 nitrogen and oxygen atoms in total. The number of piperazine rings is 1. The zero-order valence-electron chi connectivity index (χ0n) is 18.6. The lowest BCUT2D eigenvalue weighted by atomic mass is 10.1. The van der Waals surface area contributed by atoms with Crippen molar-refractivity contribution in [1.29, 1.82) is 0 Å². The molecule has 1 aromatic heterocycles. The Morgan fingerprint density at radius 1 is 1.03 bits per heavy atom. The standard InChI is InChI=1S/C25H29FN4O2/c1-3-30-17-22(19(2)27-30)16-28-12-14-29(15-13-28)25(31)21-6-4-20(5-7-21)18-32-24-10-8-23(26)9-11-24/h4-11,17H,3,12-16,18H2,1-2H3. The number of halogens is 1. The average Bonchev–Trinajstić information content (AvgIpc) is 3.18. The molecule has 168 valence electrons. The van der Waals surface area contributed by atoms with Gasteiger partial charge in [0.2, 0.25) is 0 Å². The molecular formula is C25H29FN4O2. The van der Waals surface area contributed by atoms with Crippen molar-refractivity contribution in [2.45, 2.75) is 33.5 Å². The fourth-order valence-electron chi connectivity index (χ4n) is 3.85. The van der Waals surface area contributed by atoms with E-state index in [4.69, 9.17) is 4.74 Å². The summed E-state index contributed by atoms with van der Waals surface area (Å²) in [4.78, 5) is 17.2. The van der Waals surface area contributed by atoms with E-state index in [1.165, 1.54) is 17.7 Å². The molecule has 0 atom stereocenters. The Morgan fingerprint density at radius 3 is 2.34 bits per heavy atom. The maximum atomic E-state index is 13.0. The molecule has 3 aromatic rings. The van der Waals surface area contributed by atoms with Gasteiger partial charge in [0.25, 0.3) is 5.91 Å². The van der Waals surface area contributed by atoms with Crippen molar-refractivity contribution in [2.75, 3.05) is 26.2 Å². The van der Waals surface area contributed by atoms with Crippen LogP contribution in [0.5, 0.6) is 5.75 Å².